The number of aromatic nitrogens is 1. The highest BCUT2D eigenvalue weighted by Crippen LogP contribution is 2.39. The van der Waals surface area contributed by atoms with Crippen molar-refractivity contribution in [1.82, 2.24) is 10.3 Å². The van der Waals surface area contributed by atoms with Crippen LogP contribution in [0.2, 0.25) is 0 Å². The van der Waals surface area contributed by atoms with Gasteiger partial charge >= 0.3 is 0 Å². The van der Waals surface area contributed by atoms with Crippen molar-refractivity contribution in [1.29, 1.82) is 0 Å². The van der Waals surface area contributed by atoms with E-state index < -0.39 is 5.95 Å². The Morgan fingerprint density at radius 3 is 2.89 bits per heavy atom. The third-order valence-electron chi connectivity index (χ3n) is 5.10. The fraction of sp³-hybridized carbons (Fsp3) is 0.273. The number of rotatable bonds is 5. The molecule has 1 aliphatic rings. The van der Waals surface area contributed by atoms with Gasteiger partial charge in [-0.05, 0) is 44.2 Å². The van der Waals surface area contributed by atoms with E-state index >= 15 is 0 Å². The van der Waals surface area contributed by atoms with Gasteiger partial charge in [-0.3, -0.25) is 4.99 Å². The van der Waals surface area contributed by atoms with E-state index in [1.807, 2.05) is 7.05 Å². The molecule has 1 aliphatic heterocycles. The smallest absolute Gasteiger partial charge is 0.213 e. The van der Waals surface area contributed by atoms with Crippen molar-refractivity contribution in [3.05, 3.63) is 70.6 Å². The van der Waals surface area contributed by atoms with E-state index in [2.05, 4.69) is 70.4 Å². The Balaban J connectivity index is 1.67. The minimum Gasteiger partial charge on any atom is -0.340 e. The SMILES string of the molecule is CNCc1ccccc1-c1ccc(C(C)N2c3cnc(F)cc3C=NC2C)s1. The van der Waals surface area contributed by atoms with Crippen molar-refractivity contribution in [3.8, 4) is 10.4 Å². The molecule has 6 heteroatoms. The number of hydrogen-bond donors (Lipinski definition) is 1. The molecule has 3 aromatic rings. The molecule has 0 aliphatic carbocycles. The van der Waals surface area contributed by atoms with Crippen LogP contribution in [-0.2, 0) is 6.54 Å². The second-order valence-corrected chi connectivity index (χ2v) is 8.06. The highest BCUT2D eigenvalue weighted by Gasteiger charge is 2.27. The summed E-state index contributed by atoms with van der Waals surface area (Å²) in [6.45, 7) is 5.05. The monoisotopic (exact) mass is 394 g/mol. The standard InChI is InChI=1S/C22H23FN4S/c1-14(27-15(2)25-12-17-10-22(23)26-13-19(17)27)20-8-9-21(28-20)18-7-5-4-6-16(18)11-24-3/h4-10,12-15,24H,11H2,1-3H3. The first-order chi connectivity index (χ1) is 13.6. The molecular formula is C22H23FN4S. The number of pyridine rings is 1. The fourth-order valence-corrected chi connectivity index (χ4v) is 4.83. The third-order valence-corrected chi connectivity index (χ3v) is 6.39. The molecule has 2 aromatic heterocycles. The number of anilines is 1. The molecule has 0 saturated heterocycles. The molecule has 1 aromatic carbocycles. The summed E-state index contributed by atoms with van der Waals surface area (Å²) in [4.78, 5) is 13.1. The van der Waals surface area contributed by atoms with Gasteiger partial charge in [0.25, 0.3) is 0 Å². The quantitative estimate of drug-likeness (QED) is 0.618. The van der Waals surface area contributed by atoms with Crippen LogP contribution in [0.5, 0.6) is 0 Å². The summed E-state index contributed by atoms with van der Waals surface area (Å²) < 4.78 is 13.5. The highest BCUT2D eigenvalue weighted by molar-refractivity contribution is 7.15. The number of aliphatic imine (C=N–C) groups is 1. The summed E-state index contributed by atoms with van der Waals surface area (Å²) in [5.74, 6) is -0.480. The molecule has 4 rings (SSSR count). The lowest BCUT2D eigenvalue weighted by Gasteiger charge is -2.37. The normalized spacial score (nSPS) is 16.9. The molecule has 0 saturated carbocycles. The van der Waals surface area contributed by atoms with Gasteiger partial charge < -0.3 is 10.2 Å². The van der Waals surface area contributed by atoms with Gasteiger partial charge in [-0.15, -0.1) is 11.3 Å². The van der Waals surface area contributed by atoms with Crippen molar-refractivity contribution in [2.75, 3.05) is 11.9 Å². The van der Waals surface area contributed by atoms with Crippen LogP contribution >= 0.6 is 11.3 Å². The predicted octanol–water partition coefficient (Wildman–Crippen LogP) is 5.01. The molecule has 0 spiro atoms. The molecule has 2 atom stereocenters. The first kappa shape index (κ1) is 18.8. The zero-order valence-electron chi connectivity index (χ0n) is 16.2. The molecule has 0 amide bonds. The number of thiophene rings is 1. The summed E-state index contributed by atoms with van der Waals surface area (Å²) in [5, 5.41) is 3.24. The minimum atomic E-state index is -0.480. The number of fused-ring (bicyclic) bond motifs is 1. The van der Waals surface area contributed by atoms with Crippen molar-refractivity contribution < 1.29 is 4.39 Å². The van der Waals surface area contributed by atoms with E-state index in [-0.39, 0.29) is 12.2 Å². The van der Waals surface area contributed by atoms with Crippen molar-refractivity contribution in [2.24, 2.45) is 4.99 Å². The van der Waals surface area contributed by atoms with Crippen molar-refractivity contribution in [2.45, 2.75) is 32.6 Å². The molecule has 1 N–H and O–H groups in total. The average Bonchev–Trinajstić information content (AvgIpc) is 3.18. The Bertz CT molecular complexity index is 1010. The Morgan fingerprint density at radius 1 is 1.25 bits per heavy atom. The number of nitrogens with zero attached hydrogens (tertiary/aromatic N) is 3. The first-order valence-electron chi connectivity index (χ1n) is 9.38. The molecule has 144 valence electrons. The number of halogens is 1. The number of benzene rings is 1. The summed E-state index contributed by atoms with van der Waals surface area (Å²) in [7, 11) is 1.96. The van der Waals surface area contributed by atoms with E-state index in [0.29, 0.717) is 0 Å². The van der Waals surface area contributed by atoms with Gasteiger partial charge in [0.05, 0.1) is 17.9 Å². The van der Waals surface area contributed by atoms with Gasteiger partial charge in [-0.25, -0.2) is 4.98 Å². The lowest BCUT2D eigenvalue weighted by Crippen LogP contribution is -2.37. The van der Waals surface area contributed by atoms with Gasteiger partial charge in [-0.2, -0.15) is 4.39 Å². The zero-order valence-corrected chi connectivity index (χ0v) is 17.0. The molecule has 0 bridgehead atoms. The number of hydrogen-bond acceptors (Lipinski definition) is 5. The summed E-state index contributed by atoms with van der Waals surface area (Å²) in [6.07, 6.45) is 3.32. The maximum atomic E-state index is 13.5. The minimum absolute atomic E-state index is 0.0307. The van der Waals surface area contributed by atoms with E-state index in [4.69, 9.17) is 0 Å². The molecule has 3 heterocycles. The molecule has 0 fully saturated rings. The van der Waals surface area contributed by atoms with E-state index in [1.54, 1.807) is 23.7 Å². The summed E-state index contributed by atoms with van der Waals surface area (Å²) in [6, 6.07) is 14.4. The second-order valence-electron chi connectivity index (χ2n) is 6.95. The predicted molar refractivity (Wildman–Crippen MR) is 115 cm³/mol. The van der Waals surface area contributed by atoms with E-state index in [0.717, 1.165) is 17.8 Å². The lowest BCUT2D eigenvalue weighted by molar-refractivity contribution is 0.565. The summed E-state index contributed by atoms with van der Waals surface area (Å²) >= 11 is 1.79. The van der Waals surface area contributed by atoms with Crippen LogP contribution in [0, 0.1) is 5.95 Å². The average molecular weight is 395 g/mol. The highest BCUT2D eigenvalue weighted by atomic mass is 32.1. The van der Waals surface area contributed by atoms with Gasteiger partial charge in [0, 0.05) is 34.1 Å². The van der Waals surface area contributed by atoms with E-state index in [9.17, 15) is 4.39 Å². The van der Waals surface area contributed by atoms with Gasteiger partial charge in [-0.1, -0.05) is 24.3 Å². The molecule has 4 nitrogen and oxygen atoms in total. The Morgan fingerprint density at radius 2 is 2.07 bits per heavy atom. The van der Waals surface area contributed by atoms with Crippen molar-refractivity contribution in [3.63, 3.8) is 0 Å². The fourth-order valence-electron chi connectivity index (χ4n) is 3.71. The third kappa shape index (κ3) is 3.45. The van der Waals surface area contributed by atoms with Gasteiger partial charge in [0.2, 0.25) is 5.95 Å². The Labute approximate surface area is 168 Å². The molecule has 28 heavy (non-hydrogen) atoms. The second kappa shape index (κ2) is 7.81. The molecule has 2 unspecified atom stereocenters. The Hall–Kier alpha value is -2.57. The molecule has 0 radical (unpaired) electrons. The van der Waals surface area contributed by atoms with Crippen LogP contribution in [0.3, 0.4) is 0 Å². The number of nitrogens with one attached hydrogen (secondary N) is 1. The lowest BCUT2D eigenvalue weighted by atomic mass is 10.1. The maximum Gasteiger partial charge on any atom is 0.213 e. The van der Waals surface area contributed by atoms with Gasteiger partial charge in [0.15, 0.2) is 0 Å². The van der Waals surface area contributed by atoms with Crippen LogP contribution < -0.4 is 10.2 Å². The zero-order chi connectivity index (χ0) is 19.7. The van der Waals surface area contributed by atoms with Gasteiger partial charge in [0.1, 0.15) is 6.17 Å². The van der Waals surface area contributed by atoms with Crippen LogP contribution in [0.15, 0.2) is 53.7 Å². The largest absolute Gasteiger partial charge is 0.340 e. The van der Waals surface area contributed by atoms with E-state index in [1.165, 1.54) is 26.9 Å². The summed E-state index contributed by atoms with van der Waals surface area (Å²) in [5.41, 5.74) is 4.23. The Kier molecular flexibility index (Phi) is 5.24. The van der Waals surface area contributed by atoms with Crippen molar-refractivity contribution >= 4 is 23.2 Å². The first-order valence-corrected chi connectivity index (χ1v) is 10.2. The van der Waals surface area contributed by atoms with Crippen LogP contribution in [-0.4, -0.2) is 24.4 Å². The maximum absolute atomic E-state index is 13.5. The topological polar surface area (TPSA) is 40.5 Å². The van der Waals surface area contributed by atoms with Crippen LogP contribution in [0.25, 0.3) is 10.4 Å². The van der Waals surface area contributed by atoms with Crippen LogP contribution in [0.4, 0.5) is 10.1 Å². The van der Waals surface area contributed by atoms with Crippen LogP contribution in [0.1, 0.15) is 35.9 Å². The molecular weight excluding hydrogens is 371 g/mol.